The maximum absolute atomic E-state index is 11.3. The number of allylic oxidation sites excluding steroid dienone is 4. The van der Waals surface area contributed by atoms with Crippen molar-refractivity contribution < 1.29 is 35.5 Å². The Morgan fingerprint density at radius 1 is 1.59 bits per heavy atom. The quantitative estimate of drug-likeness (QED) is 0.389. The van der Waals surface area contributed by atoms with Gasteiger partial charge in [0.25, 0.3) is 0 Å². The average Bonchev–Trinajstić information content (AvgIpc) is 2.26. The molecular weight excluding hydrogens is 448 g/mol. The van der Waals surface area contributed by atoms with Crippen LogP contribution in [0.15, 0.2) is 24.0 Å². The molecule has 0 radical (unpaired) electrons. The van der Waals surface area contributed by atoms with E-state index in [2.05, 4.69) is 6.08 Å². The van der Waals surface area contributed by atoms with Crippen molar-refractivity contribution in [2.24, 2.45) is 11.7 Å². The minimum absolute atomic E-state index is 0.0248. The van der Waals surface area contributed by atoms with E-state index in [0.29, 0.717) is 12.5 Å². The Hall–Kier alpha value is 0.0400. The van der Waals surface area contributed by atoms with Gasteiger partial charge < -0.3 is 0 Å². The summed E-state index contributed by atoms with van der Waals surface area (Å²) in [5, 5.41) is 0. The van der Waals surface area contributed by atoms with Gasteiger partial charge in [-0.1, -0.05) is 0 Å². The van der Waals surface area contributed by atoms with Crippen molar-refractivity contribution in [2.75, 3.05) is 13.2 Å². The van der Waals surface area contributed by atoms with E-state index in [4.69, 9.17) is 10.5 Å². The third kappa shape index (κ3) is 6.51. The Morgan fingerprint density at radius 2 is 2.35 bits per heavy atom. The number of halogens is 2. The first-order chi connectivity index (χ1) is 8.11. The van der Waals surface area contributed by atoms with Crippen molar-refractivity contribution >= 4 is 28.2 Å². The number of carbonyl (C=O) groups excluding carboxylic acids is 2. The zero-order valence-electron chi connectivity index (χ0n) is 9.20. The number of hydrogen-bond donors (Lipinski definition) is 1. The molecule has 17 heavy (non-hydrogen) atoms. The predicted octanol–water partition coefficient (Wildman–Crippen LogP) is -1.02. The number of ether oxygens (including phenoxy) is 1. The van der Waals surface area contributed by atoms with Crippen LogP contribution in [0.3, 0.4) is 0 Å². The van der Waals surface area contributed by atoms with Crippen molar-refractivity contribution in [3.63, 3.8) is 0 Å². The van der Waals surface area contributed by atoms with Crippen LogP contribution in [-0.2, 0) is 9.53 Å². The molecule has 0 saturated carbocycles. The monoisotopic (exact) mass is 462 g/mol. The Morgan fingerprint density at radius 3 is 3.00 bits per heavy atom. The predicted molar refractivity (Wildman–Crippen MR) is 69.4 cm³/mol. The minimum atomic E-state index is -1.03. The Labute approximate surface area is 124 Å². The normalized spacial score (nSPS) is 18.9. The molecule has 0 aromatic rings. The summed E-state index contributed by atoms with van der Waals surface area (Å²) < 4.78 is 5.29. The summed E-state index contributed by atoms with van der Waals surface area (Å²) in [6.07, 6.45) is 7.61. The molecule has 0 aliphatic heterocycles. The van der Waals surface area contributed by atoms with Crippen LogP contribution < -0.4 is 26.9 Å². The molecule has 0 amide bonds. The molecular formula is C11H14I2NO3-. The van der Waals surface area contributed by atoms with Gasteiger partial charge in [-0.2, -0.15) is 0 Å². The van der Waals surface area contributed by atoms with Crippen LogP contribution in [0.25, 0.3) is 0 Å². The summed E-state index contributed by atoms with van der Waals surface area (Å²) in [5.41, 5.74) is 5.50. The molecule has 0 aromatic carbocycles. The van der Waals surface area contributed by atoms with Crippen LogP contribution in [0, 0.1) is 5.92 Å². The molecule has 0 spiro atoms. The molecule has 0 fully saturated rings. The van der Waals surface area contributed by atoms with Crippen molar-refractivity contribution in [1.29, 1.82) is 0 Å². The van der Waals surface area contributed by atoms with Crippen LogP contribution in [0.5, 0.6) is 0 Å². The first-order valence-electron chi connectivity index (χ1n) is 5.19. The van der Waals surface area contributed by atoms with Gasteiger partial charge in [-0.05, 0) is 0 Å². The van der Waals surface area contributed by atoms with Gasteiger partial charge in [-0.3, -0.25) is 0 Å². The van der Waals surface area contributed by atoms with Crippen molar-refractivity contribution in [3.05, 3.63) is 24.0 Å². The second kappa shape index (κ2) is 8.20. The van der Waals surface area contributed by atoms with Crippen LogP contribution in [-0.4, -0.2) is 18.7 Å². The van der Waals surface area contributed by atoms with Crippen molar-refractivity contribution in [2.45, 2.75) is 12.8 Å². The number of hydrogen-bond acceptors (Lipinski definition) is 4. The number of nitrogens with two attached hydrogens (primary N) is 1. The van der Waals surface area contributed by atoms with Gasteiger partial charge in [0.05, 0.1) is 0 Å². The summed E-state index contributed by atoms with van der Waals surface area (Å²) in [6.45, 7) is 0.674. The van der Waals surface area contributed by atoms with E-state index in [0.717, 1.165) is 18.6 Å². The van der Waals surface area contributed by atoms with Gasteiger partial charge in [0.2, 0.25) is 0 Å². The zero-order chi connectivity index (χ0) is 12.7. The summed E-state index contributed by atoms with van der Waals surface area (Å²) in [4.78, 5) is 22.1. The third-order valence-corrected chi connectivity index (χ3v) is 4.92. The van der Waals surface area contributed by atoms with E-state index in [-0.39, 0.29) is 12.2 Å². The van der Waals surface area contributed by atoms with E-state index in [1.54, 1.807) is 22.6 Å². The molecule has 0 aromatic heterocycles. The van der Waals surface area contributed by atoms with Crippen LogP contribution >= 0.6 is 22.6 Å². The molecule has 4 nitrogen and oxygen atoms in total. The Bertz CT molecular complexity index is 353. The van der Waals surface area contributed by atoms with E-state index in [1.807, 2.05) is 12.2 Å². The maximum atomic E-state index is 11.3. The second-order valence-electron chi connectivity index (χ2n) is 3.52. The summed E-state index contributed by atoms with van der Waals surface area (Å²) >= 11 is 0.634. The fourth-order valence-corrected chi connectivity index (χ4v) is 3.80. The van der Waals surface area contributed by atoms with E-state index in [1.165, 1.54) is 0 Å². The van der Waals surface area contributed by atoms with E-state index in [9.17, 15) is 9.59 Å². The second-order valence-corrected chi connectivity index (χ2v) is 9.29. The SMILES string of the molecule is NCCC1C=CC=C(OCC(=O)[I-]C(=O)I)C1. The third-order valence-electron chi connectivity index (χ3n) is 2.22. The Balaban J connectivity index is 2.32. The average molecular weight is 462 g/mol. The van der Waals surface area contributed by atoms with Crippen molar-refractivity contribution in [1.82, 2.24) is 0 Å². The molecule has 6 heteroatoms. The van der Waals surface area contributed by atoms with Gasteiger partial charge >= 0.3 is 125 Å². The molecule has 1 unspecified atom stereocenters. The molecule has 1 aliphatic carbocycles. The molecule has 0 bridgehead atoms. The molecule has 2 N–H and O–H groups in total. The zero-order valence-corrected chi connectivity index (χ0v) is 13.5. The molecule has 1 atom stereocenters. The Kier molecular flexibility index (Phi) is 7.28. The molecule has 1 rings (SSSR count). The molecule has 96 valence electrons. The van der Waals surface area contributed by atoms with Crippen molar-refractivity contribution in [3.8, 4) is 0 Å². The topological polar surface area (TPSA) is 69.4 Å². The number of carbonyl (C=O) groups is 2. The van der Waals surface area contributed by atoms with Gasteiger partial charge in [0.1, 0.15) is 0 Å². The number of rotatable bonds is 7. The first kappa shape index (κ1) is 15.1. The van der Waals surface area contributed by atoms with Gasteiger partial charge in [0.15, 0.2) is 0 Å². The summed E-state index contributed by atoms with van der Waals surface area (Å²) in [6, 6.07) is 0. The van der Waals surface area contributed by atoms with Gasteiger partial charge in [-0.15, -0.1) is 0 Å². The van der Waals surface area contributed by atoms with E-state index >= 15 is 0 Å². The van der Waals surface area contributed by atoms with E-state index < -0.39 is 21.2 Å². The molecule has 1 aliphatic rings. The van der Waals surface area contributed by atoms with Crippen LogP contribution in [0.2, 0.25) is 0 Å². The molecule has 0 heterocycles. The molecule has 0 saturated heterocycles. The standard InChI is InChI=1S/C11H14I2NO3/c12-11(16)13-10(15)7-17-9-3-1-2-8(6-9)4-5-14/h1-3,8H,4-7,14H2/q-1. The summed E-state index contributed by atoms with van der Waals surface area (Å²) in [5.74, 6) is 1.21. The van der Waals surface area contributed by atoms with Crippen LogP contribution in [0.4, 0.5) is 4.79 Å². The fraction of sp³-hybridized carbons (Fsp3) is 0.455. The van der Waals surface area contributed by atoms with Gasteiger partial charge in [-0.25, -0.2) is 0 Å². The summed E-state index contributed by atoms with van der Waals surface area (Å²) in [7, 11) is 0. The fourth-order valence-electron chi connectivity index (χ4n) is 1.49. The first-order valence-corrected chi connectivity index (χ1v) is 8.42. The van der Waals surface area contributed by atoms with Crippen LogP contribution in [0.1, 0.15) is 12.8 Å². The van der Waals surface area contributed by atoms with Gasteiger partial charge in [0, 0.05) is 0 Å².